The molecule has 0 aliphatic heterocycles. The van der Waals surface area contributed by atoms with Gasteiger partial charge in [-0.05, 0) is 35.7 Å². The first kappa shape index (κ1) is 13.9. The van der Waals surface area contributed by atoms with Gasteiger partial charge in [0.1, 0.15) is 12.4 Å². The summed E-state index contributed by atoms with van der Waals surface area (Å²) in [5, 5.41) is 5.77. The molecule has 100 valence electrons. The number of nitrogens with two attached hydrogens (primary N) is 1. The Morgan fingerprint density at radius 3 is 2.68 bits per heavy atom. The van der Waals surface area contributed by atoms with Gasteiger partial charge in [0.2, 0.25) is 0 Å². The van der Waals surface area contributed by atoms with Crippen molar-refractivity contribution in [3.05, 3.63) is 51.1 Å². The first-order valence-electron chi connectivity index (χ1n) is 5.63. The maximum atomic E-state index is 5.74. The van der Waals surface area contributed by atoms with Crippen LogP contribution >= 0.6 is 27.3 Å². The largest absolute Gasteiger partial charge is 0.490 e. The fourth-order valence-corrected chi connectivity index (χ4v) is 2.20. The highest BCUT2D eigenvalue weighted by Gasteiger charge is 1.99. The summed E-state index contributed by atoms with van der Waals surface area (Å²) in [4.78, 5) is 6.00. The predicted molar refractivity (Wildman–Crippen MR) is 80.6 cm³/mol. The van der Waals surface area contributed by atoms with Gasteiger partial charge in [-0.25, -0.2) is 0 Å². The number of oxime groups is 1. The van der Waals surface area contributed by atoms with Gasteiger partial charge in [0.15, 0.2) is 12.4 Å². The number of ether oxygens (including phenoxy) is 1. The van der Waals surface area contributed by atoms with Crippen molar-refractivity contribution in [1.82, 2.24) is 0 Å². The van der Waals surface area contributed by atoms with Crippen LogP contribution in [-0.4, -0.2) is 19.0 Å². The Kier molecular flexibility index (Phi) is 5.23. The van der Waals surface area contributed by atoms with Crippen LogP contribution in [0, 0.1) is 0 Å². The molecular formula is C13H13BrN2O2S. The van der Waals surface area contributed by atoms with Crippen LogP contribution in [0.4, 0.5) is 0 Å². The maximum absolute atomic E-state index is 5.74. The number of nitrogens with zero attached hydrogens (tertiary/aromatic N) is 1. The molecule has 2 N–H and O–H groups in total. The number of rotatable bonds is 6. The van der Waals surface area contributed by atoms with Crippen LogP contribution in [-0.2, 0) is 4.84 Å². The Hall–Kier alpha value is -1.53. The van der Waals surface area contributed by atoms with Crippen LogP contribution in [0.25, 0.3) is 0 Å². The summed E-state index contributed by atoms with van der Waals surface area (Å²) in [6, 6.07) is 11.4. The molecule has 0 amide bonds. The van der Waals surface area contributed by atoms with E-state index in [4.69, 9.17) is 15.3 Å². The zero-order valence-electron chi connectivity index (χ0n) is 10.1. The lowest BCUT2D eigenvalue weighted by molar-refractivity contribution is 0.107. The van der Waals surface area contributed by atoms with Gasteiger partial charge in [-0.3, -0.25) is 0 Å². The van der Waals surface area contributed by atoms with Gasteiger partial charge in [0.25, 0.3) is 0 Å². The molecule has 1 heterocycles. The van der Waals surface area contributed by atoms with E-state index in [0.717, 1.165) is 15.1 Å². The molecule has 0 unspecified atom stereocenters. The van der Waals surface area contributed by atoms with E-state index in [1.807, 2.05) is 41.8 Å². The van der Waals surface area contributed by atoms with Crippen LogP contribution in [0.5, 0.6) is 5.75 Å². The van der Waals surface area contributed by atoms with Crippen molar-refractivity contribution >= 4 is 33.1 Å². The first-order chi connectivity index (χ1) is 9.25. The Balaban J connectivity index is 1.70. The molecule has 0 fully saturated rings. The molecule has 0 spiro atoms. The topological polar surface area (TPSA) is 56.8 Å². The van der Waals surface area contributed by atoms with E-state index in [0.29, 0.717) is 19.0 Å². The van der Waals surface area contributed by atoms with E-state index >= 15 is 0 Å². The Bertz CT molecular complexity index is 526. The predicted octanol–water partition coefficient (Wildman–Crippen LogP) is 3.23. The highest BCUT2D eigenvalue weighted by Crippen LogP contribution is 2.15. The summed E-state index contributed by atoms with van der Waals surface area (Å²) in [6.07, 6.45) is 0. The van der Waals surface area contributed by atoms with Crippen LogP contribution < -0.4 is 10.5 Å². The number of hydrogen-bond donors (Lipinski definition) is 1. The average molecular weight is 341 g/mol. The Morgan fingerprint density at radius 1 is 1.21 bits per heavy atom. The van der Waals surface area contributed by atoms with Crippen LogP contribution in [0.3, 0.4) is 0 Å². The van der Waals surface area contributed by atoms with Crippen molar-refractivity contribution in [1.29, 1.82) is 0 Å². The van der Waals surface area contributed by atoms with Gasteiger partial charge in [-0.1, -0.05) is 27.2 Å². The molecule has 6 heteroatoms. The second-order valence-corrected chi connectivity index (χ2v) is 5.45. The molecule has 19 heavy (non-hydrogen) atoms. The van der Waals surface area contributed by atoms with E-state index in [9.17, 15) is 0 Å². The fourth-order valence-electron chi connectivity index (χ4n) is 1.31. The van der Waals surface area contributed by atoms with Crippen LogP contribution in [0.15, 0.2) is 51.4 Å². The van der Waals surface area contributed by atoms with Crippen molar-refractivity contribution in [3.8, 4) is 5.75 Å². The third-order valence-corrected chi connectivity index (χ3v) is 3.61. The van der Waals surface area contributed by atoms with Crippen molar-refractivity contribution in [3.63, 3.8) is 0 Å². The van der Waals surface area contributed by atoms with Gasteiger partial charge >= 0.3 is 0 Å². The summed E-state index contributed by atoms with van der Waals surface area (Å²) >= 11 is 4.88. The molecular weight excluding hydrogens is 328 g/mol. The van der Waals surface area contributed by atoms with Crippen molar-refractivity contribution in [2.45, 2.75) is 0 Å². The molecule has 0 saturated carbocycles. The molecule has 0 atom stereocenters. The minimum absolute atomic E-state index is 0.349. The van der Waals surface area contributed by atoms with Crippen molar-refractivity contribution < 1.29 is 9.57 Å². The molecule has 2 aromatic rings. The van der Waals surface area contributed by atoms with Crippen LogP contribution in [0.2, 0.25) is 0 Å². The average Bonchev–Trinajstić information content (AvgIpc) is 2.94. The summed E-state index contributed by atoms with van der Waals surface area (Å²) in [5.41, 5.74) is 5.74. The summed E-state index contributed by atoms with van der Waals surface area (Å²) < 4.78 is 6.50. The molecule has 4 nitrogen and oxygen atoms in total. The second-order valence-electron chi connectivity index (χ2n) is 3.59. The third kappa shape index (κ3) is 4.57. The first-order valence-corrected chi connectivity index (χ1v) is 7.30. The molecule has 0 aliphatic rings. The number of halogens is 1. The summed E-state index contributed by atoms with van der Waals surface area (Å²) in [6.45, 7) is 0.769. The maximum Gasteiger partial charge on any atom is 0.180 e. The van der Waals surface area contributed by atoms with Gasteiger partial charge in [0.05, 0.1) is 4.88 Å². The van der Waals surface area contributed by atoms with E-state index in [2.05, 4.69) is 21.1 Å². The zero-order chi connectivity index (χ0) is 13.5. The number of benzene rings is 1. The number of thiophene rings is 1. The van der Waals surface area contributed by atoms with E-state index in [1.165, 1.54) is 11.3 Å². The van der Waals surface area contributed by atoms with E-state index in [-0.39, 0.29) is 0 Å². The van der Waals surface area contributed by atoms with Gasteiger partial charge in [0, 0.05) is 4.47 Å². The Labute approximate surface area is 124 Å². The molecule has 0 saturated heterocycles. The highest BCUT2D eigenvalue weighted by atomic mass is 79.9. The van der Waals surface area contributed by atoms with Gasteiger partial charge in [-0.15, -0.1) is 11.3 Å². The molecule has 1 aromatic carbocycles. The lowest BCUT2D eigenvalue weighted by atomic mass is 10.3. The normalized spacial score (nSPS) is 11.3. The molecule has 2 rings (SSSR count). The molecule has 0 radical (unpaired) electrons. The minimum Gasteiger partial charge on any atom is -0.490 e. The van der Waals surface area contributed by atoms with Gasteiger partial charge < -0.3 is 15.3 Å². The minimum atomic E-state index is 0.349. The lowest BCUT2D eigenvalue weighted by Crippen LogP contribution is -2.13. The van der Waals surface area contributed by atoms with E-state index < -0.39 is 0 Å². The fraction of sp³-hybridized carbons (Fsp3) is 0.154. The van der Waals surface area contributed by atoms with Crippen LogP contribution in [0.1, 0.15) is 4.88 Å². The molecule has 1 aromatic heterocycles. The van der Waals surface area contributed by atoms with E-state index in [1.54, 1.807) is 0 Å². The standard InChI is InChI=1S/C13H13BrN2O2S/c14-10-3-5-11(6-4-10)17-7-8-18-16-13(15)12-2-1-9-19-12/h1-6,9H,7-8H2,(H2,15,16). The number of amidine groups is 1. The summed E-state index contributed by atoms with van der Waals surface area (Å²) in [7, 11) is 0. The Morgan fingerprint density at radius 2 is 2.00 bits per heavy atom. The molecule has 0 bridgehead atoms. The van der Waals surface area contributed by atoms with Crippen molar-refractivity contribution in [2.75, 3.05) is 13.2 Å². The quantitative estimate of drug-likeness (QED) is 0.380. The highest BCUT2D eigenvalue weighted by molar-refractivity contribution is 9.10. The lowest BCUT2D eigenvalue weighted by Gasteiger charge is -2.05. The monoisotopic (exact) mass is 340 g/mol. The molecule has 0 aliphatic carbocycles. The third-order valence-electron chi connectivity index (χ3n) is 2.19. The van der Waals surface area contributed by atoms with Gasteiger partial charge in [-0.2, -0.15) is 0 Å². The second kappa shape index (κ2) is 7.16. The SMILES string of the molecule is N/C(=N/OCCOc1ccc(Br)cc1)c1cccs1. The van der Waals surface area contributed by atoms with Crippen molar-refractivity contribution in [2.24, 2.45) is 10.9 Å². The summed E-state index contributed by atoms with van der Waals surface area (Å²) in [5.74, 6) is 1.18. The smallest absolute Gasteiger partial charge is 0.180 e. The number of hydrogen-bond acceptors (Lipinski definition) is 4. The zero-order valence-corrected chi connectivity index (χ0v) is 12.5.